The molecule has 1 N–H and O–H groups in total. The molecule has 40 heavy (non-hydrogen) atoms. The highest BCUT2D eigenvalue weighted by atomic mass is 35.5. The zero-order chi connectivity index (χ0) is 29.6. The van der Waals surface area contributed by atoms with Crippen LogP contribution in [0.3, 0.4) is 0 Å². The predicted molar refractivity (Wildman–Crippen MR) is 156 cm³/mol. The molecular formula is C29H32Cl2FN3O4S. The Hall–Kier alpha value is -3.14. The van der Waals surface area contributed by atoms with Gasteiger partial charge in [0, 0.05) is 18.2 Å². The Morgan fingerprint density at radius 2 is 1.62 bits per heavy atom. The number of halogens is 3. The van der Waals surface area contributed by atoms with E-state index < -0.39 is 40.2 Å². The van der Waals surface area contributed by atoms with Crippen molar-refractivity contribution in [2.75, 3.05) is 10.8 Å². The van der Waals surface area contributed by atoms with Crippen LogP contribution in [0, 0.1) is 12.7 Å². The minimum atomic E-state index is -4.32. The summed E-state index contributed by atoms with van der Waals surface area (Å²) in [7, 11) is -4.32. The molecule has 0 aromatic heterocycles. The van der Waals surface area contributed by atoms with Gasteiger partial charge in [-0.15, -0.1) is 0 Å². The Bertz CT molecular complexity index is 1470. The van der Waals surface area contributed by atoms with Crippen LogP contribution in [-0.4, -0.2) is 43.8 Å². The highest BCUT2D eigenvalue weighted by Gasteiger charge is 2.34. The quantitative estimate of drug-likeness (QED) is 0.291. The van der Waals surface area contributed by atoms with E-state index in [0.717, 1.165) is 14.8 Å². The van der Waals surface area contributed by atoms with Crippen molar-refractivity contribution in [3.8, 4) is 0 Å². The summed E-state index contributed by atoms with van der Waals surface area (Å²) in [4.78, 5) is 28.1. The molecule has 3 aromatic rings. The molecule has 0 aliphatic rings. The average Bonchev–Trinajstić information content (AvgIpc) is 2.92. The number of benzene rings is 3. The molecule has 11 heteroatoms. The van der Waals surface area contributed by atoms with Gasteiger partial charge < -0.3 is 10.2 Å². The van der Waals surface area contributed by atoms with Crippen LogP contribution in [0.5, 0.6) is 0 Å². The van der Waals surface area contributed by atoms with E-state index in [-0.39, 0.29) is 38.8 Å². The molecular weight excluding hydrogens is 576 g/mol. The number of aryl methyl sites for hydroxylation is 1. The molecule has 2 atom stereocenters. The first-order valence-electron chi connectivity index (χ1n) is 12.7. The molecule has 3 rings (SSSR count). The van der Waals surface area contributed by atoms with E-state index in [1.165, 1.54) is 55.5 Å². The Labute approximate surface area is 244 Å². The van der Waals surface area contributed by atoms with Gasteiger partial charge >= 0.3 is 0 Å². The van der Waals surface area contributed by atoms with E-state index in [9.17, 15) is 22.4 Å². The number of nitrogens with one attached hydrogen (secondary N) is 1. The summed E-state index contributed by atoms with van der Waals surface area (Å²) < 4.78 is 43.3. The normalized spacial score (nSPS) is 12.9. The van der Waals surface area contributed by atoms with Crippen molar-refractivity contribution in [3.05, 3.63) is 93.7 Å². The van der Waals surface area contributed by atoms with Crippen molar-refractivity contribution in [2.24, 2.45) is 0 Å². The van der Waals surface area contributed by atoms with Crippen molar-refractivity contribution in [1.82, 2.24) is 10.2 Å². The van der Waals surface area contributed by atoms with Gasteiger partial charge in [0.15, 0.2) is 0 Å². The maximum absolute atomic E-state index is 14.6. The zero-order valence-electron chi connectivity index (χ0n) is 22.7. The topological polar surface area (TPSA) is 86.8 Å². The highest BCUT2D eigenvalue weighted by Crippen LogP contribution is 2.35. The van der Waals surface area contributed by atoms with Gasteiger partial charge in [-0.3, -0.25) is 13.9 Å². The number of hydrogen-bond acceptors (Lipinski definition) is 4. The fourth-order valence-electron chi connectivity index (χ4n) is 3.89. The first kappa shape index (κ1) is 31.4. The van der Waals surface area contributed by atoms with Gasteiger partial charge in [0.2, 0.25) is 11.8 Å². The van der Waals surface area contributed by atoms with Crippen LogP contribution in [0.2, 0.25) is 10.0 Å². The number of anilines is 1. The van der Waals surface area contributed by atoms with Crippen LogP contribution in [0.1, 0.15) is 38.3 Å². The first-order chi connectivity index (χ1) is 18.9. The summed E-state index contributed by atoms with van der Waals surface area (Å²) in [5.74, 6) is -1.74. The van der Waals surface area contributed by atoms with Crippen molar-refractivity contribution in [3.63, 3.8) is 0 Å². The third kappa shape index (κ3) is 7.33. The summed E-state index contributed by atoms with van der Waals surface area (Å²) in [6, 6.07) is 15.3. The Kier molecular flexibility index (Phi) is 10.6. The molecule has 7 nitrogen and oxygen atoms in total. The van der Waals surface area contributed by atoms with E-state index in [1.807, 2.05) is 20.8 Å². The van der Waals surface area contributed by atoms with E-state index >= 15 is 0 Å². The van der Waals surface area contributed by atoms with Gasteiger partial charge in [-0.2, -0.15) is 0 Å². The molecule has 2 amide bonds. The maximum atomic E-state index is 14.6. The van der Waals surface area contributed by atoms with Crippen LogP contribution in [0.4, 0.5) is 10.1 Å². The molecule has 0 aliphatic heterocycles. The summed E-state index contributed by atoms with van der Waals surface area (Å²) >= 11 is 12.6. The standard InChI is InChI=1S/C29H32Cl2FN3O4S/c1-5-20(3)33-29(37)21(4)34(17-22-9-6-7-11-25(22)32)27(36)18-35(26-12-8-10-24(30)28(26)31)40(38,39)23-15-13-19(2)14-16-23/h6-16,20-21H,5,17-18H2,1-4H3,(H,33,37)/t20-,21-/m0/s1. The van der Waals surface area contributed by atoms with Gasteiger partial charge in [-0.1, -0.05) is 72.1 Å². The van der Waals surface area contributed by atoms with Gasteiger partial charge in [-0.05, 0) is 57.5 Å². The van der Waals surface area contributed by atoms with Gasteiger partial charge in [0.05, 0.1) is 20.6 Å². The lowest BCUT2D eigenvalue weighted by atomic mass is 10.1. The van der Waals surface area contributed by atoms with Gasteiger partial charge in [-0.25, -0.2) is 12.8 Å². The van der Waals surface area contributed by atoms with Gasteiger partial charge in [0.1, 0.15) is 18.4 Å². The first-order valence-corrected chi connectivity index (χ1v) is 14.9. The Balaban J connectivity index is 2.08. The number of carbonyl (C=O) groups excluding carboxylic acids is 2. The monoisotopic (exact) mass is 607 g/mol. The van der Waals surface area contributed by atoms with Crippen LogP contribution in [0.25, 0.3) is 0 Å². The molecule has 0 aliphatic carbocycles. The zero-order valence-corrected chi connectivity index (χ0v) is 25.0. The third-order valence-electron chi connectivity index (χ3n) is 6.55. The molecule has 214 valence electrons. The van der Waals surface area contributed by atoms with E-state index in [1.54, 1.807) is 18.2 Å². The maximum Gasteiger partial charge on any atom is 0.264 e. The highest BCUT2D eigenvalue weighted by molar-refractivity contribution is 7.92. The molecule has 0 heterocycles. The van der Waals surface area contributed by atoms with Crippen LogP contribution in [-0.2, 0) is 26.2 Å². The van der Waals surface area contributed by atoms with Crippen LogP contribution < -0.4 is 9.62 Å². The lowest BCUT2D eigenvalue weighted by Gasteiger charge is -2.32. The number of amides is 2. The fraction of sp³-hybridized carbons (Fsp3) is 0.310. The number of nitrogens with zero attached hydrogens (tertiary/aromatic N) is 2. The van der Waals surface area contributed by atoms with E-state index in [2.05, 4.69) is 5.32 Å². The average molecular weight is 609 g/mol. The fourth-order valence-corrected chi connectivity index (χ4v) is 5.77. The van der Waals surface area contributed by atoms with Crippen molar-refractivity contribution in [1.29, 1.82) is 0 Å². The molecule has 0 spiro atoms. The van der Waals surface area contributed by atoms with E-state index in [0.29, 0.717) is 6.42 Å². The predicted octanol–water partition coefficient (Wildman–Crippen LogP) is 5.97. The van der Waals surface area contributed by atoms with Gasteiger partial charge in [0.25, 0.3) is 10.0 Å². The number of hydrogen-bond donors (Lipinski definition) is 1. The summed E-state index contributed by atoms with van der Waals surface area (Å²) in [6.07, 6.45) is 0.662. The summed E-state index contributed by atoms with van der Waals surface area (Å²) in [5.41, 5.74) is 1.01. The number of carbonyl (C=O) groups is 2. The second-order valence-electron chi connectivity index (χ2n) is 9.50. The summed E-state index contributed by atoms with van der Waals surface area (Å²) in [6.45, 7) is 6.08. The molecule has 0 saturated carbocycles. The second kappa shape index (κ2) is 13.5. The van der Waals surface area contributed by atoms with Crippen molar-refractivity contribution >= 4 is 50.7 Å². The second-order valence-corrected chi connectivity index (χ2v) is 12.2. The lowest BCUT2D eigenvalue weighted by Crippen LogP contribution is -2.52. The smallest absolute Gasteiger partial charge is 0.264 e. The minimum Gasteiger partial charge on any atom is -0.352 e. The van der Waals surface area contributed by atoms with Crippen molar-refractivity contribution in [2.45, 2.75) is 57.6 Å². The summed E-state index contributed by atoms with van der Waals surface area (Å²) in [5, 5.41) is 2.87. The molecule has 3 aromatic carbocycles. The number of rotatable bonds is 11. The van der Waals surface area contributed by atoms with Crippen LogP contribution >= 0.6 is 23.2 Å². The molecule has 0 saturated heterocycles. The molecule has 0 fully saturated rings. The molecule has 0 bridgehead atoms. The van der Waals surface area contributed by atoms with Crippen molar-refractivity contribution < 1.29 is 22.4 Å². The van der Waals surface area contributed by atoms with E-state index in [4.69, 9.17) is 23.2 Å². The lowest BCUT2D eigenvalue weighted by molar-refractivity contribution is -0.139. The molecule has 0 radical (unpaired) electrons. The Morgan fingerprint density at radius 1 is 0.975 bits per heavy atom. The van der Waals surface area contributed by atoms with Crippen LogP contribution in [0.15, 0.2) is 71.6 Å². The third-order valence-corrected chi connectivity index (χ3v) is 9.14. The largest absolute Gasteiger partial charge is 0.352 e. The molecule has 0 unspecified atom stereocenters. The minimum absolute atomic E-state index is 0.00866. The SMILES string of the molecule is CC[C@H](C)NC(=O)[C@H](C)N(Cc1ccccc1F)C(=O)CN(c1cccc(Cl)c1Cl)S(=O)(=O)c1ccc(C)cc1. The Morgan fingerprint density at radius 3 is 2.25 bits per heavy atom. The number of sulfonamides is 1.